The second-order valence-corrected chi connectivity index (χ2v) is 5.84. The number of nitrogens with one attached hydrogen (secondary N) is 1. The average molecular weight is 289 g/mol. The molecule has 0 saturated heterocycles. The first-order chi connectivity index (χ1) is 10.2. The van der Waals surface area contributed by atoms with Gasteiger partial charge in [-0.3, -0.25) is 9.69 Å². The molecule has 1 aliphatic rings. The molecule has 0 heterocycles. The van der Waals surface area contributed by atoms with E-state index in [1.54, 1.807) is 0 Å². The number of benzene rings is 1. The zero-order valence-electron chi connectivity index (χ0n) is 13.1. The van der Waals surface area contributed by atoms with Crippen molar-refractivity contribution in [1.82, 2.24) is 10.2 Å². The summed E-state index contributed by atoms with van der Waals surface area (Å²) in [6.45, 7) is 7.35. The highest BCUT2D eigenvalue weighted by molar-refractivity contribution is 5.85. The third kappa shape index (κ3) is 3.63. The highest BCUT2D eigenvalue weighted by atomic mass is 16.2. The van der Waals surface area contributed by atoms with E-state index in [0.29, 0.717) is 13.1 Å². The Morgan fingerprint density at radius 3 is 2.38 bits per heavy atom. The number of nitrogens with zero attached hydrogens (tertiary/aromatic N) is 1. The molecule has 1 aromatic carbocycles. The first-order valence-electron chi connectivity index (χ1n) is 7.94. The highest BCUT2D eigenvalue weighted by Crippen LogP contribution is 2.44. The Labute approximate surface area is 127 Å². The van der Waals surface area contributed by atoms with Crippen LogP contribution in [0.2, 0.25) is 0 Å². The van der Waals surface area contributed by atoms with E-state index < -0.39 is 0 Å². The van der Waals surface area contributed by atoms with E-state index in [1.807, 2.05) is 6.07 Å². The van der Waals surface area contributed by atoms with Gasteiger partial charge in [0.25, 0.3) is 0 Å². The molecular formula is C17H27N3O. The van der Waals surface area contributed by atoms with Gasteiger partial charge in [0.15, 0.2) is 0 Å². The number of nitrogens with two attached hydrogens (primary N) is 1. The van der Waals surface area contributed by atoms with E-state index >= 15 is 0 Å². The summed E-state index contributed by atoms with van der Waals surface area (Å²) in [6, 6.07) is 10.6. The van der Waals surface area contributed by atoms with Crippen molar-refractivity contribution in [2.75, 3.05) is 26.2 Å². The molecule has 3 N–H and O–H groups in total. The maximum Gasteiger partial charge on any atom is 0.227 e. The topological polar surface area (TPSA) is 58.4 Å². The summed E-state index contributed by atoms with van der Waals surface area (Å²) in [7, 11) is 0. The molecule has 0 radical (unpaired) electrons. The second kappa shape index (κ2) is 7.05. The third-order valence-corrected chi connectivity index (χ3v) is 4.62. The largest absolute Gasteiger partial charge is 0.354 e. The number of hydrogen-bond acceptors (Lipinski definition) is 3. The summed E-state index contributed by atoms with van der Waals surface area (Å²) >= 11 is 0. The number of carbonyl (C=O) groups excluding carboxylic acids is 1. The second-order valence-electron chi connectivity index (χ2n) is 5.84. The quantitative estimate of drug-likeness (QED) is 0.769. The predicted molar refractivity (Wildman–Crippen MR) is 85.8 cm³/mol. The molecule has 1 aliphatic carbocycles. The van der Waals surface area contributed by atoms with E-state index in [4.69, 9.17) is 5.73 Å². The summed E-state index contributed by atoms with van der Waals surface area (Å²) in [5.41, 5.74) is 6.70. The van der Waals surface area contributed by atoms with Gasteiger partial charge in [-0.2, -0.15) is 0 Å². The molecule has 0 bridgehead atoms. The van der Waals surface area contributed by atoms with Crippen molar-refractivity contribution in [2.45, 2.75) is 32.7 Å². The summed E-state index contributed by atoms with van der Waals surface area (Å²) in [6.07, 6.45) is 1.85. The van der Waals surface area contributed by atoms with Gasteiger partial charge in [-0.1, -0.05) is 44.2 Å². The van der Waals surface area contributed by atoms with Crippen molar-refractivity contribution < 1.29 is 4.79 Å². The molecule has 0 spiro atoms. The van der Waals surface area contributed by atoms with Crippen LogP contribution < -0.4 is 11.1 Å². The Kier molecular flexibility index (Phi) is 5.37. The monoisotopic (exact) mass is 289 g/mol. The molecule has 116 valence electrons. The Morgan fingerprint density at radius 2 is 1.90 bits per heavy atom. The first kappa shape index (κ1) is 16.0. The SMILES string of the molecule is CCN(CC)C(CNC(=O)C1(CN)CC1)c1ccccc1. The normalized spacial score (nSPS) is 17.5. The van der Waals surface area contributed by atoms with Crippen molar-refractivity contribution in [3.63, 3.8) is 0 Å². The fourth-order valence-corrected chi connectivity index (χ4v) is 2.85. The standard InChI is InChI=1S/C17H27N3O/c1-3-20(4-2)15(14-8-6-5-7-9-14)12-19-16(21)17(13-18)10-11-17/h5-9,15H,3-4,10-13,18H2,1-2H3,(H,19,21). The maximum absolute atomic E-state index is 12.3. The number of likely N-dealkylation sites (N-methyl/N-ethyl adjacent to an activating group) is 1. The van der Waals surface area contributed by atoms with Gasteiger partial charge in [0, 0.05) is 13.1 Å². The summed E-state index contributed by atoms with van der Waals surface area (Å²) in [5, 5.41) is 3.12. The molecule has 1 saturated carbocycles. The van der Waals surface area contributed by atoms with Gasteiger partial charge in [0.2, 0.25) is 5.91 Å². The lowest BCUT2D eigenvalue weighted by Gasteiger charge is -2.30. The van der Waals surface area contributed by atoms with Crippen molar-refractivity contribution >= 4 is 5.91 Å². The van der Waals surface area contributed by atoms with Gasteiger partial charge < -0.3 is 11.1 Å². The van der Waals surface area contributed by atoms with E-state index in [1.165, 1.54) is 5.56 Å². The Balaban J connectivity index is 2.04. The molecule has 1 amide bonds. The van der Waals surface area contributed by atoms with Crippen LogP contribution in [-0.2, 0) is 4.79 Å². The molecule has 1 fully saturated rings. The zero-order chi connectivity index (χ0) is 15.3. The lowest BCUT2D eigenvalue weighted by atomic mass is 10.0. The van der Waals surface area contributed by atoms with Crippen LogP contribution in [0.4, 0.5) is 0 Å². The molecular weight excluding hydrogens is 262 g/mol. The third-order valence-electron chi connectivity index (χ3n) is 4.62. The minimum absolute atomic E-state index is 0.123. The average Bonchev–Trinajstić information content (AvgIpc) is 3.33. The molecule has 0 aromatic heterocycles. The van der Waals surface area contributed by atoms with Crippen LogP contribution in [0.5, 0.6) is 0 Å². The molecule has 2 rings (SSSR count). The molecule has 4 nitrogen and oxygen atoms in total. The number of hydrogen-bond donors (Lipinski definition) is 2. The van der Waals surface area contributed by atoms with Crippen LogP contribution >= 0.6 is 0 Å². The smallest absolute Gasteiger partial charge is 0.227 e. The van der Waals surface area contributed by atoms with Crippen LogP contribution in [0.25, 0.3) is 0 Å². The van der Waals surface area contributed by atoms with Gasteiger partial charge in [-0.25, -0.2) is 0 Å². The van der Waals surface area contributed by atoms with Crippen LogP contribution in [0.15, 0.2) is 30.3 Å². The van der Waals surface area contributed by atoms with Gasteiger partial charge in [0.1, 0.15) is 0 Å². The molecule has 4 heteroatoms. The van der Waals surface area contributed by atoms with Crippen molar-refractivity contribution in [1.29, 1.82) is 0 Å². The summed E-state index contributed by atoms with van der Waals surface area (Å²) in [4.78, 5) is 14.7. The van der Waals surface area contributed by atoms with Gasteiger partial charge in [-0.05, 0) is 31.5 Å². The Bertz CT molecular complexity index is 452. The molecule has 1 atom stereocenters. The van der Waals surface area contributed by atoms with Crippen molar-refractivity contribution in [2.24, 2.45) is 11.1 Å². The molecule has 1 aromatic rings. The van der Waals surface area contributed by atoms with Gasteiger partial charge in [-0.15, -0.1) is 0 Å². The van der Waals surface area contributed by atoms with Crippen LogP contribution in [0, 0.1) is 5.41 Å². The lowest BCUT2D eigenvalue weighted by Crippen LogP contribution is -2.42. The minimum atomic E-state index is -0.273. The molecule has 1 unspecified atom stereocenters. The van der Waals surface area contributed by atoms with E-state index in [-0.39, 0.29) is 17.4 Å². The highest BCUT2D eigenvalue weighted by Gasteiger charge is 2.48. The Morgan fingerprint density at radius 1 is 1.29 bits per heavy atom. The first-order valence-corrected chi connectivity index (χ1v) is 7.94. The lowest BCUT2D eigenvalue weighted by molar-refractivity contribution is -0.126. The van der Waals surface area contributed by atoms with E-state index in [2.05, 4.69) is 48.3 Å². The summed E-state index contributed by atoms with van der Waals surface area (Å²) in [5.74, 6) is 0.123. The maximum atomic E-state index is 12.3. The Hall–Kier alpha value is -1.39. The molecule has 0 aliphatic heterocycles. The summed E-state index contributed by atoms with van der Waals surface area (Å²) < 4.78 is 0. The fourth-order valence-electron chi connectivity index (χ4n) is 2.85. The van der Waals surface area contributed by atoms with Crippen molar-refractivity contribution in [3.05, 3.63) is 35.9 Å². The number of rotatable bonds is 8. The van der Waals surface area contributed by atoms with E-state index in [9.17, 15) is 4.79 Å². The van der Waals surface area contributed by atoms with Crippen LogP contribution in [0.1, 0.15) is 38.3 Å². The van der Waals surface area contributed by atoms with Gasteiger partial charge in [0.05, 0.1) is 11.5 Å². The van der Waals surface area contributed by atoms with Crippen LogP contribution in [-0.4, -0.2) is 37.0 Å². The van der Waals surface area contributed by atoms with Gasteiger partial charge >= 0.3 is 0 Å². The van der Waals surface area contributed by atoms with Crippen molar-refractivity contribution in [3.8, 4) is 0 Å². The minimum Gasteiger partial charge on any atom is -0.354 e. The number of amides is 1. The van der Waals surface area contributed by atoms with Crippen LogP contribution in [0.3, 0.4) is 0 Å². The zero-order valence-corrected chi connectivity index (χ0v) is 13.1. The number of carbonyl (C=O) groups is 1. The van der Waals surface area contributed by atoms with E-state index in [0.717, 1.165) is 25.9 Å². The fraction of sp³-hybridized carbons (Fsp3) is 0.588. The predicted octanol–water partition coefficient (Wildman–Crippen LogP) is 1.92. The molecule has 21 heavy (non-hydrogen) atoms.